The summed E-state index contributed by atoms with van der Waals surface area (Å²) < 4.78 is 36.8. The van der Waals surface area contributed by atoms with Crippen molar-refractivity contribution in [1.29, 1.82) is 0 Å². The van der Waals surface area contributed by atoms with Crippen LogP contribution in [-0.2, 0) is 12.6 Å². The van der Waals surface area contributed by atoms with Crippen molar-refractivity contribution in [3.05, 3.63) is 34.9 Å². The van der Waals surface area contributed by atoms with Gasteiger partial charge >= 0.3 is 6.18 Å². The lowest BCUT2D eigenvalue weighted by atomic mass is 9.77. The second-order valence-corrected chi connectivity index (χ2v) is 3.55. The van der Waals surface area contributed by atoms with Gasteiger partial charge in [0, 0.05) is 5.92 Å². The molecule has 1 unspecified atom stereocenters. The van der Waals surface area contributed by atoms with E-state index in [2.05, 4.69) is 0 Å². The summed E-state index contributed by atoms with van der Waals surface area (Å²) in [6.45, 7) is 0.512. The van der Waals surface area contributed by atoms with Gasteiger partial charge in [0.05, 0.1) is 5.56 Å². The summed E-state index contributed by atoms with van der Waals surface area (Å²) in [6.07, 6.45) is -3.56. The fourth-order valence-corrected chi connectivity index (χ4v) is 1.81. The molecule has 0 saturated heterocycles. The Hall–Kier alpha value is -1.03. The molecule has 1 aliphatic carbocycles. The van der Waals surface area contributed by atoms with Crippen LogP contribution < -0.4 is 5.73 Å². The van der Waals surface area contributed by atoms with E-state index in [9.17, 15) is 13.2 Å². The predicted octanol–water partition coefficient (Wildman–Crippen LogP) is 2.30. The lowest BCUT2D eigenvalue weighted by Gasteiger charge is -2.29. The molecule has 0 amide bonds. The maximum Gasteiger partial charge on any atom is 0.416 e. The zero-order valence-electron chi connectivity index (χ0n) is 7.43. The van der Waals surface area contributed by atoms with Crippen molar-refractivity contribution in [3.63, 3.8) is 0 Å². The van der Waals surface area contributed by atoms with E-state index >= 15 is 0 Å². The Kier molecular flexibility index (Phi) is 2.03. The van der Waals surface area contributed by atoms with E-state index in [1.807, 2.05) is 0 Å². The number of rotatable bonds is 1. The molecule has 14 heavy (non-hydrogen) atoms. The Morgan fingerprint density at radius 2 is 2.07 bits per heavy atom. The molecule has 1 atom stereocenters. The van der Waals surface area contributed by atoms with Gasteiger partial charge in [-0.05, 0) is 36.2 Å². The van der Waals surface area contributed by atoms with Crippen LogP contribution in [0.4, 0.5) is 13.2 Å². The minimum Gasteiger partial charge on any atom is -0.330 e. The molecule has 0 heterocycles. The number of halogens is 3. The summed E-state index contributed by atoms with van der Waals surface area (Å²) in [5.74, 6) is 0.257. The first kappa shape index (κ1) is 9.52. The number of alkyl halides is 3. The summed E-state index contributed by atoms with van der Waals surface area (Å²) >= 11 is 0. The largest absolute Gasteiger partial charge is 0.416 e. The Morgan fingerprint density at radius 1 is 1.36 bits per heavy atom. The minimum atomic E-state index is -4.23. The molecule has 1 nitrogen and oxygen atoms in total. The molecule has 0 aromatic heterocycles. The van der Waals surface area contributed by atoms with Gasteiger partial charge in [0.25, 0.3) is 0 Å². The molecule has 4 heteroatoms. The van der Waals surface area contributed by atoms with E-state index in [0.29, 0.717) is 13.0 Å². The van der Waals surface area contributed by atoms with Gasteiger partial charge in [0.1, 0.15) is 0 Å². The monoisotopic (exact) mass is 201 g/mol. The highest BCUT2D eigenvalue weighted by Gasteiger charge is 2.33. The zero-order chi connectivity index (χ0) is 10.3. The van der Waals surface area contributed by atoms with Crippen molar-refractivity contribution in [2.75, 3.05) is 6.54 Å². The molecule has 1 aliphatic rings. The summed E-state index contributed by atoms with van der Waals surface area (Å²) in [4.78, 5) is 0. The second-order valence-electron chi connectivity index (χ2n) is 3.55. The highest BCUT2D eigenvalue weighted by atomic mass is 19.4. The normalized spacial score (nSPS) is 20.1. The molecule has 1 aromatic carbocycles. The number of fused-ring (bicyclic) bond motifs is 1. The quantitative estimate of drug-likeness (QED) is 0.741. The van der Waals surface area contributed by atoms with Gasteiger partial charge in [-0.25, -0.2) is 0 Å². The van der Waals surface area contributed by atoms with Crippen molar-refractivity contribution in [2.24, 2.45) is 5.73 Å². The van der Waals surface area contributed by atoms with Gasteiger partial charge in [0.15, 0.2) is 0 Å². The van der Waals surface area contributed by atoms with E-state index in [1.165, 1.54) is 6.07 Å². The SMILES string of the molecule is NCC1Cc2cc(C(F)(F)F)ccc21. The fraction of sp³-hybridized carbons (Fsp3) is 0.400. The standard InChI is InChI=1S/C10H10F3N/c11-10(12,13)8-1-2-9-6(4-8)3-7(9)5-14/h1-2,4,7H,3,5,14H2. The van der Waals surface area contributed by atoms with Crippen molar-refractivity contribution in [3.8, 4) is 0 Å². The Labute approximate surface area is 79.7 Å². The van der Waals surface area contributed by atoms with Crippen LogP contribution >= 0.6 is 0 Å². The zero-order valence-corrected chi connectivity index (χ0v) is 7.43. The molecular formula is C10H10F3N. The van der Waals surface area contributed by atoms with Gasteiger partial charge in [-0.15, -0.1) is 0 Å². The fourth-order valence-electron chi connectivity index (χ4n) is 1.81. The molecule has 1 aromatic rings. The van der Waals surface area contributed by atoms with Gasteiger partial charge in [-0.2, -0.15) is 13.2 Å². The maximum absolute atomic E-state index is 12.3. The first-order valence-electron chi connectivity index (χ1n) is 4.42. The van der Waals surface area contributed by atoms with Gasteiger partial charge in [0.2, 0.25) is 0 Å². The molecule has 2 rings (SSSR count). The van der Waals surface area contributed by atoms with Crippen molar-refractivity contribution >= 4 is 0 Å². The van der Waals surface area contributed by atoms with Gasteiger partial charge in [-0.3, -0.25) is 0 Å². The van der Waals surface area contributed by atoms with Crippen molar-refractivity contribution in [2.45, 2.75) is 18.5 Å². The first-order valence-corrected chi connectivity index (χ1v) is 4.42. The third kappa shape index (κ3) is 1.39. The number of hydrogen-bond donors (Lipinski definition) is 1. The van der Waals surface area contributed by atoms with E-state index < -0.39 is 11.7 Å². The van der Waals surface area contributed by atoms with Crippen LogP contribution in [0.15, 0.2) is 18.2 Å². The van der Waals surface area contributed by atoms with Gasteiger partial charge < -0.3 is 5.73 Å². The number of hydrogen-bond acceptors (Lipinski definition) is 1. The maximum atomic E-state index is 12.3. The molecule has 0 saturated carbocycles. The van der Waals surface area contributed by atoms with E-state index in [0.717, 1.165) is 17.2 Å². The Morgan fingerprint density at radius 3 is 2.57 bits per heavy atom. The molecular weight excluding hydrogens is 191 g/mol. The third-order valence-electron chi connectivity index (χ3n) is 2.66. The van der Waals surface area contributed by atoms with E-state index in [1.54, 1.807) is 6.07 Å². The lowest BCUT2D eigenvalue weighted by molar-refractivity contribution is -0.137. The molecule has 0 spiro atoms. The molecule has 0 bridgehead atoms. The predicted molar refractivity (Wildman–Crippen MR) is 46.9 cm³/mol. The number of nitrogens with two attached hydrogens (primary N) is 1. The molecule has 0 aliphatic heterocycles. The van der Waals surface area contributed by atoms with Crippen LogP contribution in [0.25, 0.3) is 0 Å². The topological polar surface area (TPSA) is 26.0 Å². The van der Waals surface area contributed by atoms with E-state index in [4.69, 9.17) is 5.73 Å². The average molecular weight is 201 g/mol. The highest BCUT2D eigenvalue weighted by molar-refractivity contribution is 5.43. The lowest BCUT2D eigenvalue weighted by Crippen LogP contribution is -2.25. The van der Waals surface area contributed by atoms with Crippen molar-refractivity contribution < 1.29 is 13.2 Å². The molecule has 0 fully saturated rings. The molecule has 0 radical (unpaired) electrons. The smallest absolute Gasteiger partial charge is 0.330 e. The Bertz CT molecular complexity index is 357. The summed E-state index contributed by atoms with van der Waals surface area (Å²) in [6, 6.07) is 3.89. The first-order chi connectivity index (χ1) is 6.52. The summed E-state index contributed by atoms with van der Waals surface area (Å²) in [5, 5.41) is 0. The van der Waals surface area contributed by atoms with Crippen LogP contribution in [0.3, 0.4) is 0 Å². The summed E-state index contributed by atoms with van der Waals surface area (Å²) in [5.41, 5.74) is 6.65. The van der Waals surface area contributed by atoms with Crippen LogP contribution in [0.5, 0.6) is 0 Å². The third-order valence-corrected chi connectivity index (χ3v) is 2.66. The highest BCUT2D eigenvalue weighted by Crippen LogP contribution is 2.38. The molecule has 76 valence electrons. The van der Waals surface area contributed by atoms with Crippen molar-refractivity contribution in [1.82, 2.24) is 0 Å². The molecule has 2 N–H and O–H groups in total. The number of benzene rings is 1. The second kappa shape index (κ2) is 2.98. The van der Waals surface area contributed by atoms with Crippen LogP contribution in [0.1, 0.15) is 22.6 Å². The Balaban J connectivity index is 2.31. The average Bonchev–Trinajstić information content (AvgIpc) is 2.05. The van der Waals surface area contributed by atoms with Crippen LogP contribution in [0.2, 0.25) is 0 Å². The van der Waals surface area contributed by atoms with Crippen LogP contribution in [0, 0.1) is 0 Å². The van der Waals surface area contributed by atoms with E-state index in [-0.39, 0.29) is 5.92 Å². The van der Waals surface area contributed by atoms with Crippen LogP contribution in [-0.4, -0.2) is 6.54 Å². The summed E-state index contributed by atoms with van der Waals surface area (Å²) in [7, 11) is 0. The minimum absolute atomic E-state index is 0.257. The van der Waals surface area contributed by atoms with Gasteiger partial charge in [-0.1, -0.05) is 6.07 Å².